The highest BCUT2D eigenvalue weighted by atomic mass is 35.5. The topological polar surface area (TPSA) is 39.7 Å². The molecule has 4 nitrogen and oxygen atoms in total. The lowest BCUT2D eigenvalue weighted by atomic mass is 9.92. The molecule has 0 saturated carbocycles. The van der Waals surface area contributed by atoms with Crippen LogP contribution in [0.15, 0.2) is 71.4 Å². The van der Waals surface area contributed by atoms with Crippen LogP contribution in [0.2, 0.25) is 5.02 Å². The van der Waals surface area contributed by atoms with Gasteiger partial charge in [-0.3, -0.25) is 9.89 Å². The molecular weight excluding hydrogens is 428 g/mol. The summed E-state index contributed by atoms with van der Waals surface area (Å²) in [5, 5.41) is 7.98. The van der Waals surface area contributed by atoms with E-state index in [-0.39, 0.29) is 11.5 Å². The molecule has 1 aliphatic heterocycles. The Kier molecular flexibility index (Phi) is 8.75. The first-order valence-electron chi connectivity index (χ1n) is 11.9. The van der Waals surface area contributed by atoms with Crippen molar-refractivity contribution in [1.82, 2.24) is 15.5 Å². The van der Waals surface area contributed by atoms with E-state index in [9.17, 15) is 0 Å². The number of aryl methyl sites for hydroxylation is 1. The fraction of sp³-hybridized carbons (Fsp3) is 0.464. The van der Waals surface area contributed by atoms with Gasteiger partial charge < -0.3 is 10.6 Å². The molecule has 2 N–H and O–H groups in total. The highest BCUT2D eigenvalue weighted by Gasteiger charge is 2.23. The predicted molar refractivity (Wildman–Crippen MR) is 143 cm³/mol. The average molecular weight is 467 g/mol. The second kappa shape index (κ2) is 11.3. The number of nitrogens with zero attached hydrogens (tertiary/aromatic N) is 2. The summed E-state index contributed by atoms with van der Waals surface area (Å²) in [6, 6.07) is 6.54. The quantitative estimate of drug-likeness (QED) is 0.434. The van der Waals surface area contributed by atoms with Crippen molar-refractivity contribution < 1.29 is 0 Å². The van der Waals surface area contributed by atoms with Gasteiger partial charge in [0.05, 0.1) is 6.04 Å². The summed E-state index contributed by atoms with van der Waals surface area (Å²) < 4.78 is 0. The Labute approximate surface area is 205 Å². The first kappa shape index (κ1) is 25.5. The van der Waals surface area contributed by atoms with Gasteiger partial charge in [0.1, 0.15) is 5.84 Å². The van der Waals surface area contributed by atoms with Crippen LogP contribution >= 0.6 is 11.6 Å². The number of allylic oxidation sites excluding steroid dienone is 5. The largest absolute Gasteiger partial charge is 0.341 e. The van der Waals surface area contributed by atoms with Crippen molar-refractivity contribution in [2.24, 2.45) is 16.3 Å². The van der Waals surface area contributed by atoms with Crippen LogP contribution in [0.5, 0.6) is 0 Å². The molecule has 0 aromatic heterocycles. The van der Waals surface area contributed by atoms with E-state index < -0.39 is 0 Å². The lowest BCUT2D eigenvalue weighted by Crippen LogP contribution is -2.45. The number of aliphatic imine (C=N–C) groups is 1. The van der Waals surface area contributed by atoms with E-state index in [2.05, 4.69) is 92.3 Å². The van der Waals surface area contributed by atoms with E-state index >= 15 is 0 Å². The molecule has 2 unspecified atom stereocenters. The Morgan fingerprint density at radius 1 is 1.36 bits per heavy atom. The Bertz CT molecular complexity index is 970. The van der Waals surface area contributed by atoms with Crippen molar-refractivity contribution in [3.63, 3.8) is 0 Å². The van der Waals surface area contributed by atoms with Gasteiger partial charge >= 0.3 is 0 Å². The van der Waals surface area contributed by atoms with Crippen LogP contribution < -0.4 is 10.6 Å². The fourth-order valence-corrected chi connectivity index (χ4v) is 4.47. The maximum Gasteiger partial charge on any atom is 0.125 e. The first-order chi connectivity index (χ1) is 15.7. The van der Waals surface area contributed by atoms with Crippen molar-refractivity contribution in [1.29, 1.82) is 0 Å². The lowest BCUT2D eigenvalue weighted by molar-refractivity contribution is 0.196. The monoisotopic (exact) mass is 466 g/mol. The SMILES string of the molecule is C=CC(=NC1CNCCN(Cc2ccc(C)c(Cl)c2)CC1C)NC1=CC(C)(C)C=CC=C1C. The van der Waals surface area contributed by atoms with Gasteiger partial charge in [0.25, 0.3) is 0 Å². The van der Waals surface area contributed by atoms with E-state index in [1.807, 2.05) is 13.0 Å². The smallest absolute Gasteiger partial charge is 0.125 e. The van der Waals surface area contributed by atoms with Gasteiger partial charge in [-0.05, 0) is 48.6 Å². The summed E-state index contributed by atoms with van der Waals surface area (Å²) in [7, 11) is 0. The van der Waals surface area contributed by atoms with Crippen molar-refractivity contribution in [3.8, 4) is 0 Å². The van der Waals surface area contributed by atoms with Crippen LogP contribution in [0.1, 0.15) is 38.8 Å². The molecule has 1 heterocycles. The fourth-order valence-electron chi connectivity index (χ4n) is 4.27. The molecule has 178 valence electrons. The third kappa shape index (κ3) is 7.43. The van der Waals surface area contributed by atoms with Gasteiger partial charge in [-0.1, -0.05) is 75.4 Å². The number of hydrogen-bond donors (Lipinski definition) is 2. The van der Waals surface area contributed by atoms with Gasteiger partial charge in [-0.2, -0.15) is 0 Å². The van der Waals surface area contributed by atoms with Crippen LogP contribution in [-0.4, -0.2) is 43.0 Å². The van der Waals surface area contributed by atoms with Gasteiger partial charge in [-0.15, -0.1) is 0 Å². The molecule has 1 aromatic rings. The minimum absolute atomic E-state index is 0.0165. The van der Waals surface area contributed by atoms with Crippen molar-refractivity contribution in [2.75, 3.05) is 26.2 Å². The first-order valence-corrected chi connectivity index (χ1v) is 12.3. The van der Waals surface area contributed by atoms with Crippen molar-refractivity contribution in [3.05, 3.63) is 82.6 Å². The lowest BCUT2D eigenvalue weighted by Gasteiger charge is -2.32. The minimum Gasteiger partial charge on any atom is -0.341 e. The molecule has 1 aliphatic carbocycles. The van der Waals surface area contributed by atoms with E-state index in [0.29, 0.717) is 5.92 Å². The Morgan fingerprint density at radius 3 is 2.88 bits per heavy atom. The Hall–Kier alpha value is -2.14. The molecule has 2 aliphatic rings. The second-order valence-corrected chi connectivity index (χ2v) is 10.4. The predicted octanol–water partition coefficient (Wildman–Crippen LogP) is 5.66. The summed E-state index contributed by atoms with van der Waals surface area (Å²) in [5.41, 5.74) is 4.64. The van der Waals surface area contributed by atoms with Crippen LogP contribution in [-0.2, 0) is 6.54 Å². The van der Waals surface area contributed by atoms with Crippen LogP contribution in [0, 0.1) is 18.3 Å². The van der Waals surface area contributed by atoms with E-state index in [4.69, 9.17) is 16.6 Å². The summed E-state index contributed by atoms with van der Waals surface area (Å²) in [6.07, 6.45) is 10.6. The van der Waals surface area contributed by atoms with Gasteiger partial charge in [0.15, 0.2) is 0 Å². The molecule has 1 fully saturated rings. The second-order valence-electron chi connectivity index (χ2n) is 10.00. The summed E-state index contributed by atoms with van der Waals surface area (Å²) in [5.74, 6) is 1.22. The maximum atomic E-state index is 6.36. The van der Waals surface area contributed by atoms with E-state index in [1.165, 1.54) is 11.1 Å². The molecule has 3 rings (SSSR count). The molecule has 1 aromatic carbocycles. The van der Waals surface area contributed by atoms with Crippen LogP contribution in [0.25, 0.3) is 0 Å². The number of halogens is 1. The zero-order chi connectivity index (χ0) is 24.0. The number of amidine groups is 1. The summed E-state index contributed by atoms with van der Waals surface area (Å²) in [6.45, 7) is 19.6. The number of benzene rings is 1. The summed E-state index contributed by atoms with van der Waals surface area (Å²) in [4.78, 5) is 7.60. The standard InChI is InChI=1S/C28H39ClN4/c1-7-27(31-25-16-28(5,6)12-8-9-21(25)3)32-26-17-30-13-14-33(18-22(26)4)19-23-11-10-20(2)24(29)15-23/h7-12,15-16,22,26,30H,1,13-14,17-19H2,2-6H3,(H,31,32). The molecule has 0 amide bonds. The van der Waals surface area contributed by atoms with Crippen LogP contribution in [0.3, 0.4) is 0 Å². The van der Waals surface area contributed by atoms with Crippen molar-refractivity contribution >= 4 is 17.4 Å². The zero-order valence-corrected chi connectivity index (χ0v) is 21.5. The molecule has 2 atom stereocenters. The summed E-state index contributed by atoms with van der Waals surface area (Å²) >= 11 is 6.36. The van der Waals surface area contributed by atoms with E-state index in [0.717, 1.165) is 54.8 Å². The average Bonchev–Trinajstić information content (AvgIpc) is 2.87. The Balaban J connectivity index is 1.72. The third-order valence-electron chi connectivity index (χ3n) is 6.38. The highest BCUT2D eigenvalue weighted by molar-refractivity contribution is 6.31. The Morgan fingerprint density at radius 2 is 2.15 bits per heavy atom. The zero-order valence-electron chi connectivity index (χ0n) is 20.8. The van der Waals surface area contributed by atoms with Gasteiger partial charge in [-0.25, -0.2) is 0 Å². The number of nitrogens with one attached hydrogen (secondary N) is 2. The van der Waals surface area contributed by atoms with E-state index in [1.54, 1.807) is 0 Å². The minimum atomic E-state index is -0.0165. The normalized spacial score (nSPS) is 24.2. The molecule has 0 radical (unpaired) electrons. The molecule has 0 bridgehead atoms. The molecule has 33 heavy (non-hydrogen) atoms. The van der Waals surface area contributed by atoms with Gasteiger partial charge in [0, 0.05) is 48.9 Å². The molecule has 0 spiro atoms. The number of rotatable bonds is 5. The molecule has 1 saturated heterocycles. The molecule has 5 heteroatoms. The maximum absolute atomic E-state index is 6.36. The van der Waals surface area contributed by atoms with Crippen LogP contribution in [0.4, 0.5) is 0 Å². The molecular formula is C28H39ClN4. The highest BCUT2D eigenvalue weighted by Crippen LogP contribution is 2.26. The number of hydrogen-bond acceptors (Lipinski definition) is 3. The van der Waals surface area contributed by atoms with Crippen molar-refractivity contribution in [2.45, 2.75) is 47.2 Å². The third-order valence-corrected chi connectivity index (χ3v) is 6.79. The van der Waals surface area contributed by atoms with Gasteiger partial charge in [0.2, 0.25) is 0 Å².